The summed E-state index contributed by atoms with van der Waals surface area (Å²) in [5.41, 5.74) is 1.83. The van der Waals surface area contributed by atoms with Gasteiger partial charge in [0.25, 0.3) is 0 Å². The van der Waals surface area contributed by atoms with E-state index in [0.29, 0.717) is 0 Å². The molecule has 2 aromatic rings. The summed E-state index contributed by atoms with van der Waals surface area (Å²) in [7, 11) is 0. The Morgan fingerprint density at radius 2 is 1.50 bits per heavy atom. The van der Waals surface area contributed by atoms with Crippen LogP contribution in [0, 0.1) is 0 Å². The van der Waals surface area contributed by atoms with Gasteiger partial charge in [0.05, 0.1) is 0 Å². The molecule has 0 fully saturated rings. The van der Waals surface area contributed by atoms with Gasteiger partial charge in [-0.05, 0) is 12.1 Å². The molecule has 2 rings (SSSR count). The summed E-state index contributed by atoms with van der Waals surface area (Å²) in [6, 6.07) is 7.70. The van der Waals surface area contributed by atoms with Gasteiger partial charge in [-0.2, -0.15) is 15.4 Å². The first-order chi connectivity index (χ1) is 4.47. The number of hydrogen-bond donors (Lipinski definition) is 1. The van der Waals surface area contributed by atoms with Gasteiger partial charge in [0.1, 0.15) is 11.0 Å². The maximum Gasteiger partial charge on any atom is 0.112 e. The maximum absolute atomic E-state index is 3.88. The van der Waals surface area contributed by atoms with E-state index in [1.54, 1.807) is 0 Å². The number of fused-ring (bicyclic) bond motifs is 1. The van der Waals surface area contributed by atoms with Crippen LogP contribution in [0.15, 0.2) is 24.3 Å². The third kappa shape index (κ3) is 1.08. The summed E-state index contributed by atoms with van der Waals surface area (Å²) in [6.07, 6.45) is 0. The van der Waals surface area contributed by atoms with Gasteiger partial charge in [0.15, 0.2) is 0 Å². The molecule has 3 nitrogen and oxygen atoms in total. The van der Waals surface area contributed by atoms with Gasteiger partial charge in [0.2, 0.25) is 0 Å². The second-order valence-corrected chi connectivity index (χ2v) is 1.81. The Labute approximate surface area is 71.5 Å². The number of nitrogens with zero attached hydrogens (tertiary/aromatic N) is 2. The molecule has 1 heterocycles. The molecular weight excluding hydrogens is 221 g/mol. The average Bonchev–Trinajstić information content (AvgIpc) is 2.33. The van der Waals surface area contributed by atoms with Crippen LogP contribution in [0.2, 0.25) is 0 Å². The van der Waals surface area contributed by atoms with Crippen LogP contribution in [0.25, 0.3) is 11.0 Å². The van der Waals surface area contributed by atoms with Crippen molar-refractivity contribution in [1.29, 1.82) is 0 Å². The van der Waals surface area contributed by atoms with Gasteiger partial charge in [0, 0.05) is 20.4 Å². The largest absolute Gasteiger partial charge is 0.197 e. The summed E-state index contributed by atoms with van der Waals surface area (Å²) in [4.78, 5) is 0. The minimum atomic E-state index is 0. The fraction of sp³-hybridized carbons (Fsp3) is 0. The van der Waals surface area contributed by atoms with Crippen LogP contribution in [0.4, 0.5) is 0 Å². The third-order valence-corrected chi connectivity index (χ3v) is 1.22. The molecule has 4 heteroatoms. The molecule has 0 aliphatic heterocycles. The van der Waals surface area contributed by atoms with E-state index >= 15 is 0 Å². The first kappa shape index (κ1) is 7.39. The van der Waals surface area contributed by atoms with Crippen molar-refractivity contribution in [2.45, 2.75) is 0 Å². The van der Waals surface area contributed by atoms with Crippen LogP contribution in [-0.4, -0.2) is 15.4 Å². The summed E-state index contributed by atoms with van der Waals surface area (Å²) < 4.78 is 0. The first-order valence-corrected chi connectivity index (χ1v) is 2.72. The van der Waals surface area contributed by atoms with Gasteiger partial charge >= 0.3 is 0 Å². The Kier molecular flexibility index (Phi) is 2.15. The topological polar surface area (TPSA) is 41.6 Å². The average molecular weight is 226 g/mol. The van der Waals surface area contributed by atoms with E-state index in [0.717, 1.165) is 11.0 Å². The van der Waals surface area contributed by atoms with Gasteiger partial charge in [-0.3, -0.25) is 0 Å². The monoisotopic (exact) mass is 225 g/mol. The van der Waals surface area contributed by atoms with E-state index in [1.165, 1.54) is 0 Å². The molecule has 0 atom stereocenters. The van der Waals surface area contributed by atoms with Crippen molar-refractivity contribution in [3.8, 4) is 0 Å². The normalized spacial score (nSPS) is 9.20. The van der Waals surface area contributed by atoms with E-state index in [1.807, 2.05) is 24.3 Å². The maximum atomic E-state index is 3.88. The summed E-state index contributed by atoms with van der Waals surface area (Å²) >= 11 is 0. The molecule has 0 unspecified atom stereocenters. The Hall–Kier alpha value is -0.718. The Morgan fingerprint density at radius 1 is 1.00 bits per heavy atom. The third-order valence-electron chi connectivity index (χ3n) is 1.22. The number of aromatic amines is 1. The summed E-state index contributed by atoms with van der Waals surface area (Å²) in [5, 5.41) is 10.3. The van der Waals surface area contributed by atoms with Crippen LogP contribution in [-0.2, 0) is 20.4 Å². The van der Waals surface area contributed by atoms with E-state index in [4.69, 9.17) is 0 Å². The SMILES string of the molecule is [Pd].c1ccc2n[nH]nc2c1. The fourth-order valence-corrected chi connectivity index (χ4v) is 0.786. The van der Waals surface area contributed by atoms with Gasteiger partial charge < -0.3 is 0 Å². The van der Waals surface area contributed by atoms with Crippen molar-refractivity contribution in [1.82, 2.24) is 15.4 Å². The van der Waals surface area contributed by atoms with Gasteiger partial charge in [-0.25, -0.2) is 0 Å². The number of rotatable bonds is 0. The summed E-state index contributed by atoms with van der Waals surface area (Å²) in [5.74, 6) is 0. The van der Waals surface area contributed by atoms with Crippen molar-refractivity contribution in [2.24, 2.45) is 0 Å². The molecule has 54 valence electrons. The predicted molar refractivity (Wildman–Crippen MR) is 33.9 cm³/mol. The molecule has 0 aliphatic carbocycles. The van der Waals surface area contributed by atoms with Crippen molar-refractivity contribution in [3.63, 3.8) is 0 Å². The summed E-state index contributed by atoms with van der Waals surface area (Å²) in [6.45, 7) is 0. The molecule has 0 spiro atoms. The quantitative estimate of drug-likeness (QED) is 0.679. The molecule has 0 bridgehead atoms. The first-order valence-electron chi connectivity index (χ1n) is 2.72. The number of H-pyrrole nitrogens is 1. The second-order valence-electron chi connectivity index (χ2n) is 1.81. The second kappa shape index (κ2) is 2.91. The fourth-order valence-electron chi connectivity index (χ4n) is 0.786. The molecule has 10 heavy (non-hydrogen) atoms. The predicted octanol–water partition coefficient (Wildman–Crippen LogP) is 0.955. The Morgan fingerprint density at radius 3 is 2.00 bits per heavy atom. The van der Waals surface area contributed by atoms with Crippen molar-refractivity contribution in [2.75, 3.05) is 0 Å². The molecule has 0 aliphatic rings. The molecular formula is C6H5N3Pd. The van der Waals surface area contributed by atoms with E-state index in [2.05, 4.69) is 15.4 Å². The number of benzene rings is 1. The van der Waals surface area contributed by atoms with Crippen molar-refractivity contribution in [3.05, 3.63) is 24.3 Å². The van der Waals surface area contributed by atoms with Gasteiger partial charge in [-0.1, -0.05) is 12.1 Å². The smallest absolute Gasteiger partial charge is 0.112 e. The zero-order chi connectivity index (χ0) is 6.10. The van der Waals surface area contributed by atoms with E-state index in [9.17, 15) is 0 Å². The standard InChI is InChI=1S/C6H5N3.Pd/c1-2-4-6-5(3-1)7-9-8-6;/h1-4H,(H,7,8,9);. The molecule has 1 aromatic carbocycles. The van der Waals surface area contributed by atoms with Crippen LogP contribution >= 0.6 is 0 Å². The molecule has 1 N–H and O–H groups in total. The molecule has 0 saturated heterocycles. The van der Waals surface area contributed by atoms with E-state index < -0.39 is 0 Å². The number of aromatic nitrogens is 3. The molecule has 1 aromatic heterocycles. The number of para-hydroxylation sites is 2. The van der Waals surface area contributed by atoms with Crippen LogP contribution in [0.3, 0.4) is 0 Å². The minimum absolute atomic E-state index is 0. The Balaban J connectivity index is 0.000000500. The Bertz CT molecular complexity index is 287. The molecule has 0 amide bonds. The van der Waals surface area contributed by atoms with Crippen LogP contribution in [0.5, 0.6) is 0 Å². The number of nitrogens with one attached hydrogen (secondary N) is 1. The molecule has 0 radical (unpaired) electrons. The van der Waals surface area contributed by atoms with Gasteiger partial charge in [-0.15, -0.1) is 0 Å². The zero-order valence-corrected chi connectivity index (χ0v) is 6.57. The van der Waals surface area contributed by atoms with E-state index in [-0.39, 0.29) is 20.4 Å². The minimum Gasteiger partial charge on any atom is -0.197 e. The van der Waals surface area contributed by atoms with Crippen molar-refractivity contribution >= 4 is 11.0 Å². The van der Waals surface area contributed by atoms with Crippen LogP contribution < -0.4 is 0 Å². The van der Waals surface area contributed by atoms with Crippen LogP contribution in [0.1, 0.15) is 0 Å². The zero-order valence-electron chi connectivity index (χ0n) is 5.02. The van der Waals surface area contributed by atoms with Crippen molar-refractivity contribution < 1.29 is 20.4 Å². The number of hydrogen-bond acceptors (Lipinski definition) is 2. The molecule has 0 saturated carbocycles.